The van der Waals surface area contributed by atoms with Crippen LogP contribution in [0.3, 0.4) is 0 Å². The fourth-order valence-electron chi connectivity index (χ4n) is 2.84. The van der Waals surface area contributed by atoms with Crippen molar-refractivity contribution in [3.8, 4) is 0 Å². The van der Waals surface area contributed by atoms with Gasteiger partial charge in [0, 0.05) is 16.3 Å². The van der Waals surface area contributed by atoms with Gasteiger partial charge >= 0.3 is 0 Å². The molecule has 0 saturated heterocycles. The Kier molecular flexibility index (Phi) is 7.86. The number of aryl methyl sites for hydroxylation is 2. The van der Waals surface area contributed by atoms with Crippen LogP contribution in [-0.4, -0.2) is 11.7 Å². The molecule has 0 spiro atoms. The molecule has 2 nitrogen and oxygen atoms in total. The maximum atomic E-state index is 12.3. The summed E-state index contributed by atoms with van der Waals surface area (Å²) in [6, 6.07) is 14.3. The number of amides is 1. The van der Waals surface area contributed by atoms with Gasteiger partial charge in [0.2, 0.25) is 5.91 Å². The number of hydrogen-bond acceptors (Lipinski definition) is 2. The van der Waals surface area contributed by atoms with Crippen molar-refractivity contribution in [1.29, 1.82) is 0 Å². The average molecular weight is 376 g/mol. The monoisotopic (exact) mass is 375 g/mol. The molecule has 0 saturated carbocycles. The molecule has 0 aliphatic heterocycles. The SMILES string of the molecule is CCC(NC(=O)CCCSc1ccc(Cl)cc1)c1ccc(C)cc1C. The van der Waals surface area contributed by atoms with E-state index in [2.05, 4.69) is 44.3 Å². The van der Waals surface area contributed by atoms with Gasteiger partial charge in [0.05, 0.1) is 6.04 Å². The molecule has 2 aromatic rings. The Morgan fingerprint density at radius 2 is 1.88 bits per heavy atom. The Bertz CT molecular complexity index is 700. The van der Waals surface area contributed by atoms with Gasteiger partial charge in [0.1, 0.15) is 0 Å². The van der Waals surface area contributed by atoms with Gasteiger partial charge in [-0.25, -0.2) is 0 Å². The zero-order valence-electron chi connectivity index (χ0n) is 15.1. The van der Waals surface area contributed by atoms with Crippen molar-refractivity contribution >= 4 is 29.3 Å². The molecule has 0 radical (unpaired) electrons. The third-order valence-corrected chi connectivity index (χ3v) is 5.53. The second kappa shape index (κ2) is 9.88. The van der Waals surface area contributed by atoms with Crippen LogP contribution < -0.4 is 5.32 Å². The second-order valence-electron chi connectivity index (χ2n) is 6.29. The summed E-state index contributed by atoms with van der Waals surface area (Å²) in [5.41, 5.74) is 3.71. The summed E-state index contributed by atoms with van der Waals surface area (Å²) >= 11 is 7.64. The topological polar surface area (TPSA) is 29.1 Å². The lowest BCUT2D eigenvalue weighted by molar-refractivity contribution is -0.121. The number of hydrogen-bond donors (Lipinski definition) is 1. The molecule has 4 heteroatoms. The van der Waals surface area contributed by atoms with E-state index in [1.54, 1.807) is 11.8 Å². The van der Waals surface area contributed by atoms with Gasteiger partial charge in [-0.2, -0.15) is 0 Å². The lowest BCUT2D eigenvalue weighted by Crippen LogP contribution is -2.28. The van der Waals surface area contributed by atoms with Crippen LogP contribution in [-0.2, 0) is 4.79 Å². The Morgan fingerprint density at radius 3 is 2.52 bits per heavy atom. The number of benzene rings is 2. The summed E-state index contributed by atoms with van der Waals surface area (Å²) in [6.45, 7) is 6.31. The van der Waals surface area contributed by atoms with Gasteiger partial charge in [-0.15, -0.1) is 11.8 Å². The molecule has 1 N–H and O–H groups in total. The number of rotatable bonds is 8. The highest BCUT2D eigenvalue weighted by Gasteiger charge is 2.14. The van der Waals surface area contributed by atoms with Crippen LogP contribution in [0.4, 0.5) is 0 Å². The maximum Gasteiger partial charge on any atom is 0.220 e. The van der Waals surface area contributed by atoms with Crippen LogP contribution in [0, 0.1) is 13.8 Å². The zero-order chi connectivity index (χ0) is 18.2. The van der Waals surface area contributed by atoms with Crippen molar-refractivity contribution < 1.29 is 4.79 Å². The van der Waals surface area contributed by atoms with Crippen molar-refractivity contribution in [3.63, 3.8) is 0 Å². The summed E-state index contributed by atoms with van der Waals surface area (Å²) < 4.78 is 0. The number of carbonyl (C=O) groups excluding carboxylic acids is 1. The van der Waals surface area contributed by atoms with E-state index in [1.807, 2.05) is 24.3 Å². The molecule has 0 fully saturated rings. The first-order valence-corrected chi connectivity index (χ1v) is 10.1. The summed E-state index contributed by atoms with van der Waals surface area (Å²) in [4.78, 5) is 13.5. The molecule has 0 bridgehead atoms. The highest BCUT2D eigenvalue weighted by atomic mass is 35.5. The van der Waals surface area contributed by atoms with E-state index in [4.69, 9.17) is 11.6 Å². The smallest absolute Gasteiger partial charge is 0.220 e. The van der Waals surface area contributed by atoms with E-state index >= 15 is 0 Å². The van der Waals surface area contributed by atoms with Crippen LogP contribution >= 0.6 is 23.4 Å². The average Bonchev–Trinajstić information content (AvgIpc) is 2.58. The van der Waals surface area contributed by atoms with Crippen molar-refractivity contribution in [3.05, 3.63) is 64.2 Å². The van der Waals surface area contributed by atoms with Gasteiger partial charge in [-0.3, -0.25) is 4.79 Å². The Hall–Kier alpha value is -1.45. The highest BCUT2D eigenvalue weighted by molar-refractivity contribution is 7.99. The zero-order valence-corrected chi connectivity index (χ0v) is 16.7. The first-order valence-electron chi connectivity index (χ1n) is 8.74. The molecular weight excluding hydrogens is 350 g/mol. The van der Waals surface area contributed by atoms with Gasteiger partial charge < -0.3 is 5.32 Å². The number of halogens is 1. The van der Waals surface area contributed by atoms with E-state index in [0.29, 0.717) is 6.42 Å². The van der Waals surface area contributed by atoms with Crippen LogP contribution in [0.2, 0.25) is 5.02 Å². The van der Waals surface area contributed by atoms with Crippen LogP contribution in [0.25, 0.3) is 0 Å². The van der Waals surface area contributed by atoms with Crippen LogP contribution in [0.15, 0.2) is 47.4 Å². The Balaban J connectivity index is 1.79. The standard InChI is InChI=1S/C21H26ClNOS/c1-4-20(19-12-7-15(2)14-16(19)3)23-21(24)6-5-13-25-18-10-8-17(22)9-11-18/h7-12,14,20H,4-6,13H2,1-3H3,(H,23,24). The third kappa shape index (κ3) is 6.41. The summed E-state index contributed by atoms with van der Waals surface area (Å²) in [5, 5.41) is 3.93. The first kappa shape index (κ1) is 19.9. The van der Waals surface area contributed by atoms with E-state index in [9.17, 15) is 4.79 Å². The highest BCUT2D eigenvalue weighted by Crippen LogP contribution is 2.23. The van der Waals surface area contributed by atoms with E-state index < -0.39 is 0 Å². The minimum Gasteiger partial charge on any atom is -0.349 e. The van der Waals surface area contributed by atoms with E-state index in [1.165, 1.54) is 21.6 Å². The quantitative estimate of drug-likeness (QED) is 0.446. The van der Waals surface area contributed by atoms with Gasteiger partial charge in [0.25, 0.3) is 0 Å². The Labute approximate surface area is 160 Å². The number of nitrogens with one attached hydrogen (secondary N) is 1. The largest absolute Gasteiger partial charge is 0.349 e. The van der Waals surface area contributed by atoms with Gasteiger partial charge in [-0.1, -0.05) is 42.3 Å². The molecule has 1 atom stereocenters. The molecule has 134 valence electrons. The number of thioether (sulfide) groups is 1. The van der Waals surface area contributed by atoms with Crippen LogP contribution in [0.1, 0.15) is 48.9 Å². The minimum atomic E-state index is 0.0945. The minimum absolute atomic E-state index is 0.0945. The lowest BCUT2D eigenvalue weighted by Gasteiger charge is -2.20. The third-order valence-electron chi connectivity index (χ3n) is 4.17. The van der Waals surface area contributed by atoms with Crippen molar-refractivity contribution in [2.24, 2.45) is 0 Å². The molecule has 2 aromatic carbocycles. The predicted octanol–water partition coefficient (Wildman–Crippen LogP) is 6.10. The molecule has 1 unspecified atom stereocenters. The number of carbonyl (C=O) groups is 1. The molecule has 25 heavy (non-hydrogen) atoms. The summed E-state index contributed by atoms with van der Waals surface area (Å²) in [5.74, 6) is 1.05. The van der Waals surface area contributed by atoms with Crippen molar-refractivity contribution in [2.75, 3.05) is 5.75 Å². The lowest BCUT2D eigenvalue weighted by atomic mass is 9.97. The predicted molar refractivity (Wildman–Crippen MR) is 109 cm³/mol. The molecule has 0 aromatic heterocycles. The van der Waals surface area contributed by atoms with E-state index in [0.717, 1.165) is 23.6 Å². The maximum absolute atomic E-state index is 12.3. The van der Waals surface area contributed by atoms with E-state index in [-0.39, 0.29) is 11.9 Å². The first-order chi connectivity index (χ1) is 12.0. The molecular formula is C21H26ClNOS. The molecule has 0 aliphatic carbocycles. The molecule has 0 aliphatic rings. The molecule has 1 amide bonds. The van der Waals surface area contributed by atoms with Gasteiger partial charge in [-0.05, 0) is 67.8 Å². The normalized spacial score (nSPS) is 12.0. The summed E-state index contributed by atoms with van der Waals surface area (Å²) in [7, 11) is 0. The van der Waals surface area contributed by atoms with Crippen LogP contribution in [0.5, 0.6) is 0 Å². The molecule has 0 heterocycles. The van der Waals surface area contributed by atoms with Crippen molar-refractivity contribution in [2.45, 2.75) is 51.0 Å². The molecule has 2 rings (SSSR count). The summed E-state index contributed by atoms with van der Waals surface area (Å²) in [6.07, 6.45) is 2.32. The Morgan fingerprint density at radius 1 is 1.16 bits per heavy atom. The fourth-order valence-corrected chi connectivity index (χ4v) is 3.82. The van der Waals surface area contributed by atoms with Crippen molar-refractivity contribution in [1.82, 2.24) is 5.32 Å². The van der Waals surface area contributed by atoms with Gasteiger partial charge in [0.15, 0.2) is 0 Å². The fraction of sp³-hybridized carbons (Fsp3) is 0.381. The second-order valence-corrected chi connectivity index (χ2v) is 7.90.